The lowest BCUT2D eigenvalue weighted by molar-refractivity contribution is -0.143. The van der Waals surface area contributed by atoms with E-state index >= 15 is 0 Å². The van der Waals surface area contributed by atoms with Crippen molar-refractivity contribution in [3.05, 3.63) is 112 Å². The van der Waals surface area contributed by atoms with Crippen molar-refractivity contribution in [2.24, 2.45) is 16.2 Å². The number of hydrogen-bond donors (Lipinski definition) is 4. The molecule has 0 bridgehead atoms. The summed E-state index contributed by atoms with van der Waals surface area (Å²) in [5.74, 6) is -2.65. The van der Waals surface area contributed by atoms with E-state index in [2.05, 4.69) is 40.8 Å². The van der Waals surface area contributed by atoms with Crippen molar-refractivity contribution in [2.75, 3.05) is 56.6 Å². The van der Waals surface area contributed by atoms with Gasteiger partial charge >= 0.3 is 6.18 Å². The highest BCUT2D eigenvalue weighted by Gasteiger charge is 2.46. The molecule has 0 saturated carbocycles. The van der Waals surface area contributed by atoms with Crippen molar-refractivity contribution in [2.45, 2.75) is 124 Å². The van der Waals surface area contributed by atoms with Crippen LogP contribution in [0.2, 0.25) is 0 Å². The first kappa shape index (κ1) is 59.1. The third kappa shape index (κ3) is 12.7. The number of carbonyl (C=O) groups is 6. The van der Waals surface area contributed by atoms with Crippen molar-refractivity contribution in [3.63, 3.8) is 0 Å². The molecule has 4 atom stereocenters. The predicted molar refractivity (Wildman–Crippen MR) is 301 cm³/mol. The second kappa shape index (κ2) is 23.4. The number of nitrogens with zero attached hydrogens (tertiary/aromatic N) is 8. The molecule has 3 fully saturated rings. The van der Waals surface area contributed by atoms with Crippen LogP contribution in [0.1, 0.15) is 140 Å². The number of ether oxygens (including phenoxy) is 1. The summed E-state index contributed by atoms with van der Waals surface area (Å²) in [7, 11) is 1.35. The number of benzene rings is 2. The molecule has 0 radical (unpaired) electrons. The van der Waals surface area contributed by atoms with Gasteiger partial charge in [0.2, 0.25) is 23.5 Å². The summed E-state index contributed by atoms with van der Waals surface area (Å²) in [6.45, 7) is 16.1. The van der Waals surface area contributed by atoms with Crippen molar-refractivity contribution in [3.8, 4) is 16.2 Å². The maximum absolute atomic E-state index is 14.4. The number of aryl methyl sites for hydroxylation is 1. The fourth-order valence-electron chi connectivity index (χ4n) is 11.4. The van der Waals surface area contributed by atoms with E-state index in [1.807, 2.05) is 77.6 Å². The average molecular weight is 1150 g/mol. The largest absolute Gasteiger partial charge is 0.495 e. The number of halogens is 3. The van der Waals surface area contributed by atoms with Crippen LogP contribution < -0.4 is 25.6 Å². The van der Waals surface area contributed by atoms with Gasteiger partial charge in [0, 0.05) is 63.2 Å². The topological polar surface area (TPSA) is 232 Å². The van der Waals surface area contributed by atoms with Gasteiger partial charge in [-0.25, -0.2) is 19.9 Å². The number of anilines is 2. The minimum atomic E-state index is -4.73. The van der Waals surface area contributed by atoms with Gasteiger partial charge in [0.15, 0.2) is 0 Å². The molecule has 19 nitrogen and oxygen atoms in total. The van der Waals surface area contributed by atoms with E-state index in [0.717, 1.165) is 78.3 Å². The number of piperidine rings is 2. The molecule has 7 heterocycles. The van der Waals surface area contributed by atoms with Crippen molar-refractivity contribution in [1.29, 1.82) is 0 Å². The third-order valence-electron chi connectivity index (χ3n) is 16.6. The van der Waals surface area contributed by atoms with Gasteiger partial charge < -0.3 is 45.4 Å². The molecule has 4 N–H and O–H groups in total. The Bertz CT molecular complexity index is 3220. The quantitative estimate of drug-likeness (QED) is 0.0783. The van der Waals surface area contributed by atoms with E-state index < -0.39 is 70.2 Å². The van der Waals surface area contributed by atoms with Crippen LogP contribution in [-0.4, -0.2) is 140 Å². The molecular formula is C59H70F3N11O8S. The molecule has 0 aliphatic carbocycles. The smallest absolute Gasteiger partial charge is 0.433 e. The first-order valence-electron chi connectivity index (χ1n) is 27.6. The zero-order chi connectivity index (χ0) is 59.1. The molecule has 5 aromatic rings. The Morgan fingerprint density at radius 3 is 2.18 bits per heavy atom. The highest BCUT2D eigenvalue weighted by molar-refractivity contribution is 7.13. The summed E-state index contributed by atoms with van der Waals surface area (Å²) in [4.78, 5) is 107. The minimum absolute atomic E-state index is 0.00601. The third-order valence-corrected chi connectivity index (χ3v) is 17.6. The number of methoxy groups -OCH3 is 1. The molecule has 4 aliphatic heterocycles. The molecule has 2 aromatic carbocycles. The van der Waals surface area contributed by atoms with E-state index in [9.17, 15) is 47.0 Å². The van der Waals surface area contributed by atoms with Crippen LogP contribution in [-0.2, 0) is 27.1 Å². The number of amides is 6. The summed E-state index contributed by atoms with van der Waals surface area (Å²) in [5.41, 5.74) is 3.35. The second-order valence-corrected chi connectivity index (χ2v) is 24.6. The van der Waals surface area contributed by atoms with Gasteiger partial charge in [0.1, 0.15) is 29.2 Å². The van der Waals surface area contributed by atoms with Gasteiger partial charge in [-0.3, -0.25) is 28.8 Å². The lowest BCUT2D eigenvalue weighted by Gasteiger charge is -2.48. The average Bonchev–Trinajstić information content (AvgIpc) is 4.33. The van der Waals surface area contributed by atoms with Crippen LogP contribution in [0.4, 0.5) is 24.5 Å². The number of rotatable bonds is 15. The molecule has 9 rings (SSSR count). The summed E-state index contributed by atoms with van der Waals surface area (Å²) in [6, 6.07) is 11.6. The maximum Gasteiger partial charge on any atom is 0.433 e. The Kier molecular flexibility index (Phi) is 16.9. The Labute approximate surface area is 478 Å². The number of β-amino-alcohol motifs (C(OH)–C–C–N with tert-alkyl or cyclic N) is 1. The molecule has 82 heavy (non-hydrogen) atoms. The van der Waals surface area contributed by atoms with Gasteiger partial charge in [-0.15, -0.1) is 11.3 Å². The molecule has 436 valence electrons. The number of alkyl halides is 3. The van der Waals surface area contributed by atoms with Crippen LogP contribution in [0.15, 0.2) is 72.5 Å². The van der Waals surface area contributed by atoms with Gasteiger partial charge in [0.25, 0.3) is 17.7 Å². The highest BCUT2D eigenvalue weighted by atomic mass is 32.1. The van der Waals surface area contributed by atoms with Crippen LogP contribution in [0, 0.1) is 23.2 Å². The fourth-order valence-corrected chi connectivity index (χ4v) is 12.3. The standard InChI is InChI=1S/C59H70F3N11O8S/c1-34(36-12-14-37(15-13-36)47-35(2)65-33-82-47)66-51(76)44-27-40(74)32-73(44)54(79)48(56(3,4)5)69-52(77)49-63-29-39(30-64-49)70-22-17-58(18-23-70)19-24-71(25-20-58)55(80)57(6,7)16-21-72-31-38-26-43(45(81-8)28-41(38)53(72)78)68-50(75)42-10-9-11-46(67-42)59(60,61)62/h9-15,26,28-30,33-34,40,44,48,74H,16-25,27,31-32H2,1-8H3,(H,66,76)(H,68,75)(H,69,77)/t34-,40+,44-,48+/m0/s1. The molecular weight excluding hydrogens is 1080 g/mol. The molecule has 4 aliphatic rings. The number of pyridine rings is 1. The Morgan fingerprint density at radius 2 is 1.56 bits per heavy atom. The Balaban J connectivity index is 0.737. The molecule has 6 amide bonds. The first-order valence-corrected chi connectivity index (χ1v) is 28.4. The highest BCUT2D eigenvalue weighted by Crippen LogP contribution is 2.44. The number of carbonyl (C=O) groups excluding carboxylic acids is 6. The van der Waals surface area contributed by atoms with E-state index in [4.69, 9.17) is 4.74 Å². The normalized spacial score (nSPS) is 19.0. The van der Waals surface area contributed by atoms with Crippen LogP contribution >= 0.6 is 11.3 Å². The SMILES string of the molecule is COc1cc2c(cc1NC(=O)c1cccc(C(F)(F)F)n1)CN(CCC(C)(C)C(=O)N1CCC3(CC1)CCN(c1cnc(C(=O)N[C@H](C(=O)N4C[C@H](O)C[C@H]4C(=O)N[C@@H](C)c4ccc(-c5scnc5C)cc4)C(C)(C)C)nc1)CC3)C2=O. The Morgan fingerprint density at radius 1 is 0.890 bits per heavy atom. The molecule has 0 unspecified atom stereocenters. The van der Waals surface area contributed by atoms with Crippen molar-refractivity contribution in [1.82, 2.24) is 45.3 Å². The van der Waals surface area contributed by atoms with Crippen molar-refractivity contribution < 1.29 is 51.8 Å². The number of aliphatic hydroxyl groups is 1. The Hall–Kier alpha value is -7.53. The monoisotopic (exact) mass is 1150 g/mol. The van der Waals surface area contributed by atoms with Crippen LogP contribution in [0.3, 0.4) is 0 Å². The number of hydrogen-bond acceptors (Lipinski definition) is 14. The fraction of sp³-hybridized carbons (Fsp3) is 0.492. The number of nitrogens with one attached hydrogen (secondary N) is 3. The number of likely N-dealkylation sites (tertiary alicyclic amines) is 2. The second-order valence-electron chi connectivity index (χ2n) is 23.8. The van der Waals surface area contributed by atoms with Gasteiger partial charge in [-0.05, 0) is 97.7 Å². The van der Waals surface area contributed by atoms with Gasteiger partial charge in [0.05, 0.1) is 59.1 Å². The molecule has 23 heteroatoms. The van der Waals surface area contributed by atoms with Gasteiger partial charge in [-0.1, -0.05) is 65.0 Å². The number of aromatic nitrogens is 4. The van der Waals surface area contributed by atoms with Crippen molar-refractivity contribution >= 4 is 58.2 Å². The lowest BCUT2D eigenvalue weighted by atomic mass is 9.70. The van der Waals surface area contributed by atoms with Gasteiger partial charge in [-0.2, -0.15) is 13.2 Å². The maximum atomic E-state index is 14.4. The zero-order valence-electron chi connectivity index (χ0n) is 47.4. The van der Waals surface area contributed by atoms with E-state index in [1.54, 1.807) is 40.2 Å². The van der Waals surface area contributed by atoms with Crippen LogP contribution in [0.25, 0.3) is 10.4 Å². The molecule has 3 saturated heterocycles. The summed E-state index contributed by atoms with van der Waals surface area (Å²) >= 11 is 1.56. The predicted octanol–water partition coefficient (Wildman–Crippen LogP) is 7.85. The number of fused-ring (bicyclic) bond motifs is 1. The molecule has 1 spiro atoms. The molecule has 3 aromatic heterocycles. The summed E-state index contributed by atoms with van der Waals surface area (Å²) in [5, 5.41) is 19.2. The van der Waals surface area contributed by atoms with Crippen LogP contribution in [0.5, 0.6) is 5.75 Å². The van der Waals surface area contributed by atoms with E-state index in [1.165, 1.54) is 24.1 Å². The minimum Gasteiger partial charge on any atom is -0.495 e. The first-order chi connectivity index (χ1) is 38.7. The van der Waals surface area contributed by atoms with E-state index in [-0.39, 0.29) is 66.6 Å². The summed E-state index contributed by atoms with van der Waals surface area (Å²) in [6.07, 6.45) is 1.43. The zero-order valence-corrected chi connectivity index (χ0v) is 48.2. The lowest BCUT2D eigenvalue weighted by Crippen LogP contribution is -2.58. The number of aliphatic hydroxyl groups excluding tert-OH is 1. The number of thiazole rings is 1. The summed E-state index contributed by atoms with van der Waals surface area (Å²) < 4.78 is 45.3. The van der Waals surface area contributed by atoms with E-state index in [0.29, 0.717) is 30.6 Å².